The molecule has 0 aliphatic carbocycles. The first kappa shape index (κ1) is 13.2. The molecule has 8 nitrogen and oxygen atoms in total. The summed E-state index contributed by atoms with van der Waals surface area (Å²) in [5.74, 6) is -0.482. The molecule has 2 amide bonds. The Balaban J connectivity index is 1.85. The van der Waals surface area contributed by atoms with Gasteiger partial charge in [0.15, 0.2) is 0 Å². The first-order chi connectivity index (χ1) is 9.06. The van der Waals surface area contributed by atoms with Crippen molar-refractivity contribution in [3.63, 3.8) is 0 Å². The first-order valence-corrected chi connectivity index (χ1v) is 5.76. The zero-order valence-electron chi connectivity index (χ0n) is 10.4. The number of hydrogen-bond acceptors (Lipinski definition) is 5. The molecule has 2 heterocycles. The van der Waals surface area contributed by atoms with Crippen LogP contribution < -0.4 is 10.9 Å². The van der Waals surface area contributed by atoms with Crippen molar-refractivity contribution < 1.29 is 14.3 Å². The number of carbonyl (C=O) groups excluding carboxylic acids is 2. The predicted molar refractivity (Wildman–Crippen MR) is 64.6 cm³/mol. The van der Waals surface area contributed by atoms with Crippen LogP contribution in [0.1, 0.15) is 10.5 Å². The third-order valence-corrected chi connectivity index (χ3v) is 2.75. The summed E-state index contributed by atoms with van der Waals surface area (Å²) >= 11 is 0. The van der Waals surface area contributed by atoms with Crippen molar-refractivity contribution in [1.82, 2.24) is 20.4 Å². The average Bonchev–Trinajstić information content (AvgIpc) is 2.40. The van der Waals surface area contributed by atoms with Gasteiger partial charge in [0.05, 0.1) is 6.10 Å². The highest BCUT2D eigenvalue weighted by Gasteiger charge is 2.23. The number of carbonyl (C=O) groups is 2. The Hall–Kier alpha value is -2.22. The fraction of sp³-hybridized carbons (Fsp3) is 0.455. The Labute approximate surface area is 108 Å². The van der Waals surface area contributed by atoms with E-state index in [9.17, 15) is 14.4 Å². The first-order valence-electron chi connectivity index (χ1n) is 5.76. The minimum atomic E-state index is -0.403. The summed E-state index contributed by atoms with van der Waals surface area (Å²) in [6.45, 7) is 0.726. The van der Waals surface area contributed by atoms with Gasteiger partial charge in [0, 0.05) is 26.2 Å². The van der Waals surface area contributed by atoms with Crippen molar-refractivity contribution in [2.24, 2.45) is 0 Å². The summed E-state index contributed by atoms with van der Waals surface area (Å²) in [5.41, 5.74) is -0.243. The van der Waals surface area contributed by atoms with Gasteiger partial charge in [-0.15, -0.1) is 0 Å². The van der Waals surface area contributed by atoms with E-state index in [1.807, 2.05) is 0 Å². The van der Waals surface area contributed by atoms with Crippen molar-refractivity contribution in [2.75, 3.05) is 26.7 Å². The molecule has 2 rings (SSSR count). The Morgan fingerprint density at radius 3 is 3.00 bits per heavy atom. The summed E-state index contributed by atoms with van der Waals surface area (Å²) in [4.78, 5) is 35.3. The van der Waals surface area contributed by atoms with Crippen molar-refractivity contribution in [2.45, 2.75) is 6.10 Å². The molecule has 1 saturated heterocycles. The SMILES string of the molecule is CN1CC(CNC(=O)c2ccc(=O)[nH]n2)OCC1=O. The lowest BCUT2D eigenvalue weighted by Crippen LogP contribution is -2.48. The smallest absolute Gasteiger partial charge is 0.271 e. The van der Waals surface area contributed by atoms with Gasteiger partial charge in [-0.25, -0.2) is 5.10 Å². The van der Waals surface area contributed by atoms with Crippen LogP contribution in [-0.4, -0.2) is 59.8 Å². The van der Waals surface area contributed by atoms with Crippen molar-refractivity contribution in [3.8, 4) is 0 Å². The lowest BCUT2D eigenvalue weighted by Gasteiger charge is -2.29. The van der Waals surface area contributed by atoms with Gasteiger partial charge in [0.2, 0.25) is 5.91 Å². The molecule has 0 radical (unpaired) electrons. The highest BCUT2D eigenvalue weighted by atomic mass is 16.5. The lowest BCUT2D eigenvalue weighted by molar-refractivity contribution is -0.146. The fourth-order valence-corrected chi connectivity index (χ4v) is 1.65. The van der Waals surface area contributed by atoms with Gasteiger partial charge < -0.3 is 15.0 Å². The number of rotatable bonds is 3. The Morgan fingerprint density at radius 1 is 1.58 bits per heavy atom. The number of aromatic amines is 1. The highest BCUT2D eigenvalue weighted by Crippen LogP contribution is 2.03. The van der Waals surface area contributed by atoms with Gasteiger partial charge in [-0.05, 0) is 6.07 Å². The summed E-state index contributed by atoms with van der Waals surface area (Å²) in [5, 5.41) is 8.43. The zero-order chi connectivity index (χ0) is 13.8. The van der Waals surface area contributed by atoms with E-state index in [1.54, 1.807) is 11.9 Å². The Morgan fingerprint density at radius 2 is 2.37 bits per heavy atom. The molecule has 2 N–H and O–H groups in total. The van der Waals surface area contributed by atoms with Gasteiger partial charge >= 0.3 is 0 Å². The van der Waals surface area contributed by atoms with Gasteiger partial charge in [-0.2, -0.15) is 5.10 Å². The third kappa shape index (κ3) is 3.38. The van der Waals surface area contributed by atoms with E-state index in [0.29, 0.717) is 6.54 Å². The van der Waals surface area contributed by atoms with E-state index in [4.69, 9.17) is 4.74 Å². The molecule has 1 fully saturated rings. The molecule has 102 valence electrons. The van der Waals surface area contributed by atoms with E-state index >= 15 is 0 Å². The van der Waals surface area contributed by atoms with Crippen LogP contribution in [0.25, 0.3) is 0 Å². The molecule has 1 atom stereocenters. The summed E-state index contributed by atoms with van der Waals surface area (Å²) in [6.07, 6.45) is -0.241. The Bertz CT molecular complexity index is 521. The predicted octanol–water partition coefficient (Wildman–Crippen LogP) is -1.64. The average molecular weight is 266 g/mol. The van der Waals surface area contributed by atoms with Crippen LogP contribution in [0.5, 0.6) is 0 Å². The van der Waals surface area contributed by atoms with Crippen LogP contribution in [0.2, 0.25) is 0 Å². The summed E-state index contributed by atoms with van der Waals surface area (Å²) < 4.78 is 5.28. The third-order valence-electron chi connectivity index (χ3n) is 2.75. The number of amides is 2. The maximum Gasteiger partial charge on any atom is 0.271 e. The second kappa shape index (κ2) is 5.61. The van der Waals surface area contributed by atoms with Crippen molar-refractivity contribution >= 4 is 11.8 Å². The van der Waals surface area contributed by atoms with Crippen LogP contribution in [0.4, 0.5) is 0 Å². The molecule has 1 aromatic heterocycles. The largest absolute Gasteiger partial charge is 0.365 e. The maximum atomic E-state index is 11.7. The number of nitrogens with zero attached hydrogens (tertiary/aromatic N) is 2. The number of aromatic nitrogens is 2. The second-order valence-corrected chi connectivity index (χ2v) is 4.22. The normalized spacial score (nSPS) is 19.3. The van der Waals surface area contributed by atoms with Gasteiger partial charge in [0.25, 0.3) is 11.5 Å². The van der Waals surface area contributed by atoms with Gasteiger partial charge in [-0.1, -0.05) is 0 Å². The molecule has 19 heavy (non-hydrogen) atoms. The number of ether oxygens (including phenoxy) is 1. The molecular weight excluding hydrogens is 252 g/mol. The molecule has 1 aromatic rings. The highest BCUT2D eigenvalue weighted by molar-refractivity contribution is 5.92. The van der Waals surface area contributed by atoms with E-state index in [1.165, 1.54) is 12.1 Å². The van der Waals surface area contributed by atoms with Crippen LogP contribution in [0, 0.1) is 0 Å². The zero-order valence-corrected chi connectivity index (χ0v) is 10.4. The summed E-state index contributed by atoms with van der Waals surface area (Å²) in [6, 6.07) is 2.57. The van der Waals surface area contributed by atoms with Gasteiger partial charge in [0.1, 0.15) is 12.3 Å². The number of nitrogens with one attached hydrogen (secondary N) is 2. The lowest BCUT2D eigenvalue weighted by atomic mass is 10.2. The molecule has 8 heteroatoms. The molecular formula is C11H14N4O4. The topological polar surface area (TPSA) is 104 Å². The number of H-pyrrole nitrogens is 1. The van der Waals surface area contributed by atoms with Crippen LogP contribution in [-0.2, 0) is 9.53 Å². The molecule has 0 spiro atoms. The Kier molecular flexibility index (Phi) is 3.91. The van der Waals surface area contributed by atoms with Gasteiger partial charge in [-0.3, -0.25) is 14.4 Å². The molecule has 0 bridgehead atoms. The monoisotopic (exact) mass is 266 g/mol. The van der Waals surface area contributed by atoms with E-state index in [2.05, 4.69) is 15.5 Å². The molecule has 1 aliphatic heterocycles. The molecule has 0 aromatic carbocycles. The van der Waals surface area contributed by atoms with Crippen LogP contribution in [0.3, 0.4) is 0 Å². The second-order valence-electron chi connectivity index (χ2n) is 4.22. The van der Waals surface area contributed by atoms with E-state index in [0.717, 1.165) is 0 Å². The van der Waals surface area contributed by atoms with E-state index in [-0.39, 0.29) is 36.4 Å². The van der Waals surface area contributed by atoms with Crippen LogP contribution >= 0.6 is 0 Å². The van der Waals surface area contributed by atoms with Crippen LogP contribution in [0.15, 0.2) is 16.9 Å². The number of morpholine rings is 1. The minimum absolute atomic E-state index is 0.0218. The van der Waals surface area contributed by atoms with Crippen molar-refractivity contribution in [3.05, 3.63) is 28.2 Å². The standard InChI is InChI=1S/C11H14N4O4/c1-15-5-7(19-6-10(15)17)4-12-11(18)8-2-3-9(16)14-13-8/h2-3,7H,4-6H2,1H3,(H,12,18)(H,14,16). The summed E-state index contributed by atoms with van der Waals surface area (Å²) in [7, 11) is 1.68. The number of hydrogen-bond donors (Lipinski definition) is 2. The molecule has 1 aliphatic rings. The fourth-order valence-electron chi connectivity index (χ4n) is 1.65. The van der Waals surface area contributed by atoms with E-state index < -0.39 is 5.91 Å². The van der Waals surface area contributed by atoms with Crippen molar-refractivity contribution in [1.29, 1.82) is 0 Å². The minimum Gasteiger partial charge on any atom is -0.365 e. The quantitative estimate of drug-likeness (QED) is 0.682. The molecule has 0 saturated carbocycles. The maximum absolute atomic E-state index is 11.7. The molecule has 1 unspecified atom stereocenters. The number of likely N-dealkylation sites (N-methyl/N-ethyl adjacent to an activating group) is 1.